The van der Waals surface area contributed by atoms with Crippen LogP contribution < -0.4 is 0 Å². The smallest absolute Gasteiger partial charge is 0.198 e. The lowest BCUT2D eigenvalue weighted by Crippen LogP contribution is -2.46. The Morgan fingerprint density at radius 2 is 2.14 bits per heavy atom. The summed E-state index contributed by atoms with van der Waals surface area (Å²) in [7, 11) is -1.80. The van der Waals surface area contributed by atoms with Gasteiger partial charge in [0, 0.05) is 11.4 Å². The van der Waals surface area contributed by atoms with Crippen LogP contribution in [0.1, 0.15) is 40.0 Å². The predicted octanol–water partition coefficient (Wildman–Crippen LogP) is 4.79. The number of alkyl halides is 1. The van der Waals surface area contributed by atoms with E-state index in [0.29, 0.717) is 12.3 Å². The van der Waals surface area contributed by atoms with E-state index in [1.165, 1.54) is 5.57 Å². The Balaban J connectivity index is 2.47. The van der Waals surface area contributed by atoms with E-state index in [2.05, 4.69) is 56.4 Å². The summed E-state index contributed by atoms with van der Waals surface area (Å²) in [6.07, 6.45) is 4.34. The molecule has 2 nitrogen and oxygen atoms in total. The number of hydrogen-bond donors (Lipinski definition) is 0. The lowest BCUT2D eigenvalue weighted by molar-refractivity contribution is -0.115. The van der Waals surface area contributed by atoms with E-state index in [9.17, 15) is 4.79 Å². The predicted molar refractivity (Wildman–Crippen MR) is 94.1 cm³/mol. The Hall–Kier alpha value is -0.193. The normalized spacial score (nSPS) is 31.2. The number of hydrogen-bond acceptors (Lipinski definition) is 2. The van der Waals surface area contributed by atoms with Crippen molar-refractivity contribution in [2.45, 2.75) is 58.7 Å². The van der Waals surface area contributed by atoms with E-state index >= 15 is 0 Å². The highest BCUT2D eigenvalue weighted by molar-refractivity contribution is 9.09. The number of fused-ring (bicyclic) bond motifs is 1. The van der Waals surface area contributed by atoms with E-state index in [1.54, 1.807) is 0 Å². The maximum atomic E-state index is 12.0. The number of allylic oxidation sites excluding steroid dienone is 1. The molecule has 0 saturated heterocycles. The van der Waals surface area contributed by atoms with Crippen LogP contribution in [0, 0.1) is 11.3 Å². The van der Waals surface area contributed by atoms with Crippen molar-refractivity contribution >= 4 is 30.0 Å². The molecule has 0 bridgehead atoms. The molecule has 118 valence electrons. The molecule has 2 atom stereocenters. The van der Waals surface area contributed by atoms with Crippen molar-refractivity contribution in [2.24, 2.45) is 11.3 Å². The molecule has 0 radical (unpaired) electrons. The van der Waals surface area contributed by atoms with Crippen LogP contribution in [-0.2, 0) is 9.22 Å². The second-order valence-electron chi connectivity index (χ2n) is 8.11. The quantitative estimate of drug-likeness (QED) is 0.394. The highest BCUT2D eigenvalue weighted by Crippen LogP contribution is 2.59. The largest absolute Gasteiger partial charge is 0.407 e. The van der Waals surface area contributed by atoms with Crippen molar-refractivity contribution in [1.82, 2.24) is 0 Å². The van der Waals surface area contributed by atoms with Crippen LogP contribution in [-0.4, -0.2) is 24.7 Å². The monoisotopic (exact) mass is 370 g/mol. The van der Waals surface area contributed by atoms with E-state index in [1.807, 2.05) is 6.08 Å². The van der Waals surface area contributed by atoms with Gasteiger partial charge in [-0.1, -0.05) is 35.4 Å². The lowest BCUT2D eigenvalue weighted by Gasteiger charge is -2.39. The summed E-state index contributed by atoms with van der Waals surface area (Å²) in [4.78, 5) is 12.9. The fourth-order valence-corrected chi connectivity index (χ4v) is 5.81. The first kappa shape index (κ1) is 17.2. The fraction of sp³-hybridized carbons (Fsp3) is 0.706. The number of halogens is 1. The molecule has 0 aliphatic heterocycles. The maximum Gasteiger partial charge on any atom is 0.198 e. The van der Waals surface area contributed by atoms with Gasteiger partial charge in [-0.15, -0.1) is 6.58 Å². The van der Waals surface area contributed by atoms with Gasteiger partial charge in [-0.05, 0) is 55.8 Å². The van der Waals surface area contributed by atoms with E-state index in [0.717, 1.165) is 23.4 Å². The standard InChI is InChI=1S/C17H27BrO2Si/c1-12(2)9-17(20-21(5,6)11-18)10-16(3,4)14-7-13(19)8-15(14)17/h8,14H,1,7,9-11H2,2-6H3/t14-,17+/m1/s1. The Kier molecular flexibility index (Phi) is 4.47. The molecular weight excluding hydrogens is 344 g/mol. The van der Waals surface area contributed by atoms with Gasteiger partial charge >= 0.3 is 0 Å². The summed E-state index contributed by atoms with van der Waals surface area (Å²) in [6.45, 7) is 15.2. The number of rotatable bonds is 5. The Labute approximate surface area is 138 Å². The summed E-state index contributed by atoms with van der Waals surface area (Å²) in [6, 6.07) is 0. The van der Waals surface area contributed by atoms with Crippen LogP contribution in [0.2, 0.25) is 13.1 Å². The van der Waals surface area contributed by atoms with Crippen LogP contribution in [0.15, 0.2) is 23.8 Å². The number of ketones is 1. The molecule has 2 aliphatic rings. The van der Waals surface area contributed by atoms with Gasteiger partial charge in [0.2, 0.25) is 0 Å². The van der Waals surface area contributed by atoms with Gasteiger partial charge in [0.1, 0.15) is 0 Å². The van der Waals surface area contributed by atoms with Gasteiger partial charge in [-0.2, -0.15) is 0 Å². The molecule has 21 heavy (non-hydrogen) atoms. The van der Waals surface area contributed by atoms with E-state index in [-0.39, 0.29) is 16.8 Å². The van der Waals surface area contributed by atoms with E-state index < -0.39 is 8.32 Å². The topological polar surface area (TPSA) is 26.3 Å². The molecule has 0 amide bonds. The van der Waals surface area contributed by atoms with Gasteiger partial charge < -0.3 is 4.43 Å². The van der Waals surface area contributed by atoms with Gasteiger partial charge in [0.15, 0.2) is 14.1 Å². The lowest BCUT2D eigenvalue weighted by atomic mass is 9.80. The zero-order valence-corrected chi connectivity index (χ0v) is 16.5. The van der Waals surface area contributed by atoms with Crippen LogP contribution in [0.4, 0.5) is 0 Å². The first-order chi connectivity index (χ1) is 9.51. The van der Waals surface area contributed by atoms with Crippen LogP contribution in [0.3, 0.4) is 0 Å². The second kappa shape index (κ2) is 5.46. The summed E-state index contributed by atoms with van der Waals surface area (Å²) in [5.74, 6) is 0.597. The molecule has 0 N–H and O–H groups in total. The minimum Gasteiger partial charge on any atom is -0.407 e. The van der Waals surface area contributed by atoms with Crippen molar-refractivity contribution in [2.75, 3.05) is 4.95 Å². The zero-order chi connectivity index (χ0) is 16.1. The molecule has 1 fully saturated rings. The summed E-state index contributed by atoms with van der Waals surface area (Å²) < 4.78 is 6.75. The molecule has 0 spiro atoms. The molecule has 0 unspecified atom stereocenters. The molecule has 1 saturated carbocycles. The van der Waals surface area contributed by atoms with Gasteiger partial charge in [-0.25, -0.2) is 0 Å². The fourth-order valence-electron chi connectivity index (χ4n) is 4.09. The highest BCUT2D eigenvalue weighted by atomic mass is 79.9. The molecule has 0 aromatic carbocycles. The zero-order valence-electron chi connectivity index (χ0n) is 13.9. The van der Waals surface area contributed by atoms with Crippen molar-refractivity contribution in [3.63, 3.8) is 0 Å². The van der Waals surface area contributed by atoms with Crippen molar-refractivity contribution in [3.8, 4) is 0 Å². The van der Waals surface area contributed by atoms with Crippen LogP contribution in [0.25, 0.3) is 0 Å². The maximum absolute atomic E-state index is 12.0. The Morgan fingerprint density at radius 3 is 2.67 bits per heavy atom. The average molecular weight is 371 g/mol. The minimum atomic E-state index is -1.80. The molecule has 2 aliphatic carbocycles. The molecule has 0 aromatic rings. The first-order valence-corrected chi connectivity index (χ1v) is 11.9. The van der Waals surface area contributed by atoms with Crippen LogP contribution in [0.5, 0.6) is 0 Å². The van der Waals surface area contributed by atoms with Crippen molar-refractivity contribution in [3.05, 3.63) is 23.8 Å². The summed E-state index contributed by atoms with van der Waals surface area (Å²) >= 11 is 3.61. The highest BCUT2D eigenvalue weighted by Gasteiger charge is 2.57. The average Bonchev–Trinajstić information content (AvgIpc) is 2.77. The molecule has 4 heteroatoms. The van der Waals surface area contributed by atoms with E-state index in [4.69, 9.17) is 4.43 Å². The SMILES string of the molecule is C=C(C)C[C@]1(O[Si](C)(C)CBr)CC(C)(C)[C@@H]2CC(=O)C=C21. The Bertz CT molecular complexity index is 507. The third-order valence-corrected chi connectivity index (χ3v) is 10.3. The molecule has 0 aromatic heterocycles. The number of carbonyl (C=O) groups excluding carboxylic acids is 1. The van der Waals surface area contributed by atoms with Gasteiger partial charge in [0.25, 0.3) is 0 Å². The molecule has 0 heterocycles. The van der Waals surface area contributed by atoms with Crippen LogP contribution >= 0.6 is 15.9 Å². The van der Waals surface area contributed by atoms with Crippen molar-refractivity contribution in [1.29, 1.82) is 0 Å². The third kappa shape index (κ3) is 3.27. The van der Waals surface area contributed by atoms with Gasteiger partial charge in [0.05, 0.1) is 5.60 Å². The number of carbonyl (C=O) groups is 1. The summed E-state index contributed by atoms with van der Waals surface area (Å²) in [5, 5.41) is 0. The van der Waals surface area contributed by atoms with Crippen molar-refractivity contribution < 1.29 is 9.22 Å². The first-order valence-electron chi connectivity index (χ1n) is 7.67. The summed E-state index contributed by atoms with van der Waals surface area (Å²) in [5.41, 5.74) is 2.17. The third-order valence-electron chi connectivity index (χ3n) is 4.69. The van der Waals surface area contributed by atoms with Gasteiger partial charge in [-0.3, -0.25) is 4.79 Å². The molecular formula is C17H27BrO2Si. The Morgan fingerprint density at radius 1 is 1.52 bits per heavy atom. The minimum absolute atomic E-state index is 0.115. The second-order valence-corrected chi connectivity index (χ2v) is 13.8. The molecule has 2 rings (SSSR count).